The van der Waals surface area contributed by atoms with Crippen LogP contribution in [0.5, 0.6) is 0 Å². The number of halogens is 1. The highest BCUT2D eigenvalue weighted by molar-refractivity contribution is 7.92. The Labute approximate surface area is 147 Å². The Morgan fingerprint density at radius 2 is 1.58 bits per heavy atom. The lowest BCUT2D eigenvalue weighted by Crippen LogP contribution is -2.66. The van der Waals surface area contributed by atoms with Gasteiger partial charge < -0.3 is 5.32 Å². The quantitative estimate of drug-likeness (QED) is 0.769. The summed E-state index contributed by atoms with van der Waals surface area (Å²) in [5.74, 6) is 0.308. The summed E-state index contributed by atoms with van der Waals surface area (Å²) in [4.78, 5) is 2.08. The predicted octanol–water partition coefficient (Wildman–Crippen LogP) is 0.0764. The molecular formula is C15H19ClN2O4S2. The van der Waals surface area contributed by atoms with Crippen LogP contribution in [0.1, 0.15) is 5.56 Å². The van der Waals surface area contributed by atoms with E-state index < -0.39 is 19.7 Å². The maximum Gasteiger partial charge on any atom is 0.153 e. The van der Waals surface area contributed by atoms with E-state index in [0.717, 1.165) is 5.56 Å². The number of nitrogens with one attached hydrogen (secondary N) is 1. The molecule has 0 aromatic heterocycles. The van der Waals surface area contributed by atoms with E-state index in [9.17, 15) is 16.8 Å². The van der Waals surface area contributed by atoms with Crippen LogP contribution in [0.15, 0.2) is 24.3 Å². The Balaban J connectivity index is 1.69. The van der Waals surface area contributed by atoms with Crippen LogP contribution >= 0.6 is 11.6 Å². The number of rotatable bonds is 2. The molecule has 0 spiro atoms. The summed E-state index contributed by atoms with van der Waals surface area (Å²) >= 11 is 6.05. The molecule has 3 fully saturated rings. The van der Waals surface area contributed by atoms with Crippen molar-refractivity contribution in [2.45, 2.75) is 30.7 Å². The zero-order chi connectivity index (χ0) is 17.1. The number of piperazine rings is 1. The van der Waals surface area contributed by atoms with Gasteiger partial charge in [-0.25, -0.2) is 16.8 Å². The van der Waals surface area contributed by atoms with Gasteiger partial charge in [0.2, 0.25) is 0 Å². The molecule has 4 rings (SSSR count). The molecule has 0 amide bonds. The molecule has 1 N–H and O–H groups in total. The van der Waals surface area contributed by atoms with Gasteiger partial charge in [-0.2, -0.15) is 0 Å². The highest BCUT2D eigenvalue weighted by Crippen LogP contribution is 2.33. The number of hydrogen-bond acceptors (Lipinski definition) is 6. The molecule has 3 aliphatic heterocycles. The molecule has 1 aromatic rings. The molecule has 0 bridgehead atoms. The molecule has 132 valence electrons. The molecule has 1 aromatic carbocycles. The molecule has 6 nitrogen and oxygen atoms in total. The third kappa shape index (κ3) is 3.10. The van der Waals surface area contributed by atoms with Crippen LogP contribution in [0.4, 0.5) is 0 Å². The Kier molecular flexibility index (Phi) is 3.96. The molecule has 4 atom stereocenters. The van der Waals surface area contributed by atoms with Crippen molar-refractivity contribution < 1.29 is 16.8 Å². The molecule has 24 heavy (non-hydrogen) atoms. The lowest BCUT2D eigenvalue weighted by atomic mass is 9.96. The van der Waals surface area contributed by atoms with Gasteiger partial charge in [0.25, 0.3) is 0 Å². The largest absolute Gasteiger partial charge is 0.306 e. The third-order valence-corrected chi connectivity index (χ3v) is 8.85. The van der Waals surface area contributed by atoms with E-state index in [0.29, 0.717) is 11.6 Å². The number of fused-ring (bicyclic) bond motifs is 2. The fourth-order valence-electron chi connectivity index (χ4n) is 4.23. The first kappa shape index (κ1) is 16.8. The summed E-state index contributed by atoms with van der Waals surface area (Å²) in [6, 6.07) is 6.63. The van der Waals surface area contributed by atoms with Crippen molar-refractivity contribution in [2.75, 3.05) is 23.0 Å². The average molecular weight is 391 g/mol. The Bertz CT molecular complexity index is 823. The summed E-state index contributed by atoms with van der Waals surface area (Å²) in [5, 5.41) is 3.91. The second kappa shape index (κ2) is 5.67. The molecule has 0 radical (unpaired) electrons. The van der Waals surface area contributed by atoms with Crippen molar-refractivity contribution in [3.8, 4) is 0 Å². The van der Waals surface area contributed by atoms with Crippen LogP contribution in [0, 0.1) is 0 Å². The van der Waals surface area contributed by atoms with Crippen molar-refractivity contribution >= 4 is 31.3 Å². The Hall–Kier alpha value is -0.670. The normalized spacial score (nSPS) is 37.0. The highest BCUT2D eigenvalue weighted by atomic mass is 35.5. The molecule has 9 heteroatoms. The zero-order valence-corrected chi connectivity index (χ0v) is 15.3. The second-order valence-electron chi connectivity index (χ2n) is 6.97. The first-order chi connectivity index (χ1) is 11.2. The summed E-state index contributed by atoms with van der Waals surface area (Å²) in [6.07, 6.45) is 0. The molecule has 0 saturated carbocycles. The molecule has 0 aliphatic carbocycles. The lowest BCUT2D eigenvalue weighted by molar-refractivity contribution is 0.0678. The Morgan fingerprint density at radius 1 is 1.00 bits per heavy atom. The minimum atomic E-state index is -3.10. The smallest absolute Gasteiger partial charge is 0.153 e. The predicted molar refractivity (Wildman–Crippen MR) is 92.6 cm³/mol. The van der Waals surface area contributed by atoms with Gasteiger partial charge in [0.1, 0.15) is 0 Å². The van der Waals surface area contributed by atoms with Crippen LogP contribution in [-0.4, -0.2) is 68.9 Å². The van der Waals surface area contributed by atoms with Crippen molar-refractivity contribution in [2.24, 2.45) is 0 Å². The van der Waals surface area contributed by atoms with E-state index in [1.165, 1.54) is 0 Å². The first-order valence-electron chi connectivity index (χ1n) is 7.89. The molecule has 3 heterocycles. The summed E-state index contributed by atoms with van der Waals surface area (Å²) in [5.41, 5.74) is 0.968. The van der Waals surface area contributed by atoms with Crippen LogP contribution in [-0.2, 0) is 26.2 Å². The van der Waals surface area contributed by atoms with E-state index in [1.807, 2.05) is 18.2 Å². The molecular weight excluding hydrogens is 372 g/mol. The standard InChI is InChI=1S/C15H19ClN2O4S2/c16-11-3-1-2-10(4-11)5-18-14-8-23(19,20)6-12(14)17-13-7-24(21,22)9-15(13)18/h1-4,12-15,17H,5-9H2/t12-,13+,14-,15-/m0/s1. The molecule has 0 unspecified atom stereocenters. The first-order valence-corrected chi connectivity index (χ1v) is 11.9. The summed E-state index contributed by atoms with van der Waals surface area (Å²) < 4.78 is 48.4. The summed E-state index contributed by atoms with van der Waals surface area (Å²) in [7, 11) is -6.20. The van der Waals surface area contributed by atoms with Gasteiger partial charge in [-0.15, -0.1) is 0 Å². The van der Waals surface area contributed by atoms with Gasteiger partial charge in [-0.1, -0.05) is 23.7 Å². The van der Waals surface area contributed by atoms with E-state index in [4.69, 9.17) is 11.6 Å². The van der Waals surface area contributed by atoms with Gasteiger partial charge in [-0.3, -0.25) is 4.90 Å². The number of nitrogens with zero attached hydrogens (tertiary/aromatic N) is 1. The SMILES string of the molecule is O=S1(=O)C[C@@H]2N[C@@H]3CS(=O)(=O)C[C@@H]3N(Cc3cccc(Cl)c3)[C@H]2C1. The van der Waals surface area contributed by atoms with Gasteiger partial charge in [0.15, 0.2) is 19.7 Å². The third-order valence-electron chi connectivity index (χ3n) is 5.18. The van der Waals surface area contributed by atoms with Crippen molar-refractivity contribution in [1.82, 2.24) is 10.2 Å². The maximum atomic E-state index is 12.1. The van der Waals surface area contributed by atoms with Gasteiger partial charge in [-0.05, 0) is 17.7 Å². The van der Waals surface area contributed by atoms with Gasteiger partial charge in [0.05, 0.1) is 23.0 Å². The maximum absolute atomic E-state index is 12.1. The van der Waals surface area contributed by atoms with Gasteiger partial charge >= 0.3 is 0 Å². The van der Waals surface area contributed by atoms with Gasteiger partial charge in [0, 0.05) is 35.7 Å². The highest BCUT2D eigenvalue weighted by Gasteiger charge is 2.53. The topological polar surface area (TPSA) is 83.5 Å². The summed E-state index contributed by atoms with van der Waals surface area (Å²) in [6.45, 7) is 0.510. The van der Waals surface area contributed by atoms with Crippen molar-refractivity contribution in [1.29, 1.82) is 0 Å². The number of hydrogen-bond donors (Lipinski definition) is 1. The van der Waals surface area contributed by atoms with Crippen molar-refractivity contribution in [3.63, 3.8) is 0 Å². The van der Waals surface area contributed by atoms with E-state index in [2.05, 4.69) is 10.2 Å². The molecule has 3 saturated heterocycles. The van der Waals surface area contributed by atoms with E-state index in [1.54, 1.807) is 6.07 Å². The van der Waals surface area contributed by atoms with Crippen LogP contribution < -0.4 is 5.32 Å². The minimum Gasteiger partial charge on any atom is -0.306 e. The van der Waals surface area contributed by atoms with Crippen LogP contribution in [0.2, 0.25) is 5.02 Å². The second-order valence-corrected chi connectivity index (χ2v) is 11.7. The van der Waals surface area contributed by atoms with E-state index in [-0.39, 0.29) is 47.2 Å². The number of benzene rings is 1. The van der Waals surface area contributed by atoms with Crippen molar-refractivity contribution in [3.05, 3.63) is 34.9 Å². The minimum absolute atomic E-state index is 0.0764. The Morgan fingerprint density at radius 3 is 2.12 bits per heavy atom. The van der Waals surface area contributed by atoms with Crippen LogP contribution in [0.25, 0.3) is 0 Å². The molecule has 3 aliphatic rings. The zero-order valence-electron chi connectivity index (χ0n) is 12.9. The van der Waals surface area contributed by atoms with E-state index >= 15 is 0 Å². The fourth-order valence-corrected chi connectivity index (χ4v) is 8.34. The van der Waals surface area contributed by atoms with Crippen LogP contribution in [0.3, 0.4) is 0 Å². The number of sulfone groups is 2. The fraction of sp³-hybridized carbons (Fsp3) is 0.600. The average Bonchev–Trinajstić information content (AvgIpc) is 2.92. The monoisotopic (exact) mass is 390 g/mol. The lowest BCUT2D eigenvalue weighted by Gasteiger charge is -2.45.